The number of nitrogens with zero attached hydrogens (tertiary/aromatic N) is 4. The summed E-state index contributed by atoms with van der Waals surface area (Å²) in [5, 5.41) is 27.3. The first-order chi connectivity index (χ1) is 13.1. The predicted octanol–water partition coefficient (Wildman–Crippen LogP) is 2.25. The van der Waals surface area contributed by atoms with Crippen LogP contribution in [0.5, 0.6) is 5.75 Å². The van der Waals surface area contributed by atoms with Gasteiger partial charge in [0.1, 0.15) is 11.8 Å². The van der Waals surface area contributed by atoms with Crippen molar-refractivity contribution in [2.24, 2.45) is 0 Å². The van der Waals surface area contributed by atoms with Crippen molar-refractivity contribution in [2.45, 2.75) is 19.0 Å². The Morgan fingerprint density at radius 2 is 2.04 bits per heavy atom. The lowest BCUT2D eigenvalue weighted by Gasteiger charge is -2.26. The van der Waals surface area contributed by atoms with Crippen LogP contribution in [0.15, 0.2) is 61.0 Å². The van der Waals surface area contributed by atoms with Gasteiger partial charge in [-0.15, -0.1) is 0 Å². The van der Waals surface area contributed by atoms with Gasteiger partial charge in [-0.3, -0.25) is 9.89 Å². The van der Waals surface area contributed by atoms with Gasteiger partial charge in [-0.25, -0.2) is 4.98 Å². The van der Waals surface area contributed by atoms with Crippen LogP contribution < -0.4 is 0 Å². The van der Waals surface area contributed by atoms with Gasteiger partial charge >= 0.3 is 0 Å². The number of aromatic hydroxyl groups is 1. The Labute approximate surface area is 155 Å². The minimum atomic E-state index is -0.496. The van der Waals surface area contributed by atoms with E-state index >= 15 is 0 Å². The van der Waals surface area contributed by atoms with Crippen LogP contribution in [0.3, 0.4) is 0 Å². The minimum Gasteiger partial charge on any atom is -0.508 e. The third-order valence-electron chi connectivity index (χ3n) is 4.65. The average Bonchev–Trinajstić information content (AvgIpc) is 3.39. The summed E-state index contributed by atoms with van der Waals surface area (Å²) in [5.74, 6) is -0.663. The van der Waals surface area contributed by atoms with Crippen molar-refractivity contribution in [1.29, 1.82) is 0 Å². The SMILES string of the molecule is O=C1C(O)=C(c2cccc(O)c2)C(c2ccn[nH]2)N1CCCn1ccnc1. The van der Waals surface area contributed by atoms with Gasteiger partial charge in [0.2, 0.25) is 0 Å². The maximum atomic E-state index is 12.8. The number of imidazole rings is 1. The van der Waals surface area contributed by atoms with E-state index in [2.05, 4.69) is 15.2 Å². The van der Waals surface area contributed by atoms with Crippen LogP contribution in [0.4, 0.5) is 0 Å². The van der Waals surface area contributed by atoms with Gasteiger partial charge in [-0.05, 0) is 30.2 Å². The summed E-state index contributed by atoms with van der Waals surface area (Å²) < 4.78 is 1.94. The number of hydrogen-bond donors (Lipinski definition) is 3. The van der Waals surface area contributed by atoms with Gasteiger partial charge in [-0.2, -0.15) is 5.10 Å². The summed E-state index contributed by atoms with van der Waals surface area (Å²) in [7, 11) is 0. The van der Waals surface area contributed by atoms with E-state index in [9.17, 15) is 15.0 Å². The molecule has 8 heteroatoms. The van der Waals surface area contributed by atoms with E-state index in [4.69, 9.17) is 0 Å². The Hall–Kier alpha value is -3.55. The highest BCUT2D eigenvalue weighted by atomic mass is 16.3. The number of phenolic OH excluding ortho intramolecular Hbond substituents is 1. The van der Waals surface area contributed by atoms with Gasteiger partial charge in [-0.1, -0.05) is 12.1 Å². The third kappa shape index (κ3) is 3.17. The lowest BCUT2D eigenvalue weighted by atomic mass is 9.96. The van der Waals surface area contributed by atoms with Crippen LogP contribution in [-0.4, -0.2) is 47.3 Å². The molecule has 3 N–H and O–H groups in total. The molecule has 0 aliphatic carbocycles. The lowest BCUT2D eigenvalue weighted by Crippen LogP contribution is -2.32. The van der Waals surface area contributed by atoms with Gasteiger partial charge < -0.3 is 19.7 Å². The second-order valence-corrected chi connectivity index (χ2v) is 6.38. The first kappa shape index (κ1) is 16.9. The van der Waals surface area contributed by atoms with Crippen molar-refractivity contribution in [1.82, 2.24) is 24.6 Å². The molecule has 1 amide bonds. The van der Waals surface area contributed by atoms with Crippen molar-refractivity contribution < 1.29 is 15.0 Å². The van der Waals surface area contributed by atoms with Crippen molar-refractivity contribution in [3.05, 3.63) is 72.3 Å². The second-order valence-electron chi connectivity index (χ2n) is 6.38. The number of aromatic nitrogens is 4. The molecule has 1 atom stereocenters. The molecule has 1 aliphatic heterocycles. The second kappa shape index (κ2) is 6.99. The summed E-state index contributed by atoms with van der Waals surface area (Å²) in [6.45, 7) is 1.16. The van der Waals surface area contributed by atoms with Crippen molar-refractivity contribution in [3.8, 4) is 5.75 Å². The zero-order valence-corrected chi connectivity index (χ0v) is 14.5. The van der Waals surface area contributed by atoms with Gasteiger partial charge in [0, 0.05) is 37.3 Å². The number of carbonyl (C=O) groups excluding carboxylic acids is 1. The molecule has 3 heterocycles. The Morgan fingerprint density at radius 1 is 1.15 bits per heavy atom. The standard InChI is InChI=1S/C19H19N5O3/c25-14-4-1-3-13(11-14)16-17(15-5-6-21-22-15)24(19(27)18(16)26)9-2-8-23-10-7-20-12-23/h1,3-7,10-12,17,25-26H,2,8-9H2,(H,21,22). The van der Waals surface area contributed by atoms with Crippen LogP contribution in [0.2, 0.25) is 0 Å². The van der Waals surface area contributed by atoms with Gasteiger partial charge in [0.05, 0.1) is 12.0 Å². The Balaban J connectivity index is 1.65. The van der Waals surface area contributed by atoms with Crippen LogP contribution in [-0.2, 0) is 11.3 Å². The topological polar surface area (TPSA) is 107 Å². The number of carbonyl (C=O) groups is 1. The molecule has 1 unspecified atom stereocenters. The summed E-state index contributed by atoms with van der Waals surface area (Å²) >= 11 is 0. The first-order valence-corrected chi connectivity index (χ1v) is 8.63. The number of aryl methyl sites for hydroxylation is 1. The van der Waals surface area contributed by atoms with Crippen molar-refractivity contribution >= 4 is 11.5 Å². The smallest absolute Gasteiger partial charge is 0.289 e. The molecule has 3 aromatic rings. The van der Waals surface area contributed by atoms with E-state index in [1.54, 1.807) is 47.9 Å². The minimum absolute atomic E-state index is 0.0715. The molecular formula is C19H19N5O3. The maximum absolute atomic E-state index is 12.8. The van der Waals surface area contributed by atoms with Crippen molar-refractivity contribution in [3.63, 3.8) is 0 Å². The fourth-order valence-electron chi connectivity index (χ4n) is 3.44. The number of phenols is 1. The van der Waals surface area contributed by atoms with E-state index in [1.807, 2.05) is 10.8 Å². The summed E-state index contributed by atoms with van der Waals surface area (Å²) in [6, 6.07) is 7.81. The number of hydrogen-bond acceptors (Lipinski definition) is 5. The fraction of sp³-hybridized carbons (Fsp3) is 0.211. The molecular weight excluding hydrogens is 346 g/mol. The molecule has 0 saturated heterocycles. The van der Waals surface area contributed by atoms with E-state index < -0.39 is 11.9 Å². The number of aliphatic hydroxyl groups is 1. The van der Waals surface area contributed by atoms with Crippen LogP contribution in [0, 0.1) is 0 Å². The molecule has 1 aromatic carbocycles. The van der Waals surface area contributed by atoms with Gasteiger partial charge in [0.15, 0.2) is 5.76 Å². The molecule has 0 radical (unpaired) electrons. The number of aliphatic hydroxyl groups excluding tert-OH is 1. The zero-order chi connectivity index (χ0) is 18.8. The lowest BCUT2D eigenvalue weighted by molar-refractivity contribution is -0.129. The average molecular weight is 365 g/mol. The Bertz CT molecular complexity index is 963. The predicted molar refractivity (Wildman–Crippen MR) is 97.5 cm³/mol. The molecule has 0 bridgehead atoms. The van der Waals surface area contributed by atoms with Crippen LogP contribution in [0.25, 0.3) is 5.57 Å². The number of aromatic amines is 1. The molecule has 4 rings (SSSR count). The highest BCUT2D eigenvalue weighted by Crippen LogP contribution is 2.42. The first-order valence-electron chi connectivity index (χ1n) is 8.63. The van der Waals surface area contributed by atoms with Crippen molar-refractivity contribution in [2.75, 3.05) is 6.54 Å². The molecule has 27 heavy (non-hydrogen) atoms. The maximum Gasteiger partial charge on any atom is 0.289 e. The summed E-state index contributed by atoms with van der Waals surface area (Å²) in [6.07, 6.45) is 7.62. The zero-order valence-electron chi connectivity index (χ0n) is 14.5. The molecule has 138 valence electrons. The van der Waals surface area contributed by atoms with E-state index in [-0.39, 0.29) is 11.5 Å². The summed E-state index contributed by atoms with van der Waals surface area (Å²) in [5.41, 5.74) is 1.76. The molecule has 1 aliphatic rings. The summed E-state index contributed by atoms with van der Waals surface area (Å²) in [4.78, 5) is 18.4. The fourth-order valence-corrected chi connectivity index (χ4v) is 3.44. The number of nitrogens with one attached hydrogen (secondary N) is 1. The van der Waals surface area contributed by atoms with Crippen LogP contribution in [0.1, 0.15) is 23.7 Å². The largest absolute Gasteiger partial charge is 0.508 e. The Kier molecular flexibility index (Phi) is 4.37. The molecule has 0 spiro atoms. The number of H-pyrrole nitrogens is 1. The van der Waals surface area contributed by atoms with E-state index in [1.165, 1.54) is 6.07 Å². The highest BCUT2D eigenvalue weighted by molar-refractivity contribution is 6.05. The van der Waals surface area contributed by atoms with Gasteiger partial charge in [0.25, 0.3) is 5.91 Å². The third-order valence-corrected chi connectivity index (χ3v) is 4.65. The monoisotopic (exact) mass is 365 g/mol. The molecule has 8 nitrogen and oxygen atoms in total. The molecule has 2 aromatic heterocycles. The number of amides is 1. The number of rotatable bonds is 6. The molecule has 0 fully saturated rings. The quantitative estimate of drug-likeness (QED) is 0.621. The van der Waals surface area contributed by atoms with E-state index in [0.717, 1.165) is 0 Å². The number of benzene rings is 1. The van der Waals surface area contributed by atoms with Crippen LogP contribution >= 0.6 is 0 Å². The molecule has 0 saturated carbocycles. The normalized spacial score (nSPS) is 17.1. The Morgan fingerprint density at radius 3 is 2.74 bits per heavy atom. The highest BCUT2D eigenvalue weighted by Gasteiger charge is 2.41. The van der Waals surface area contributed by atoms with E-state index in [0.29, 0.717) is 36.3 Å².